The van der Waals surface area contributed by atoms with E-state index in [1.54, 1.807) is 6.07 Å². The summed E-state index contributed by atoms with van der Waals surface area (Å²) in [7, 11) is 0. The Morgan fingerprint density at radius 1 is 1.50 bits per heavy atom. The molecule has 14 heavy (non-hydrogen) atoms. The van der Waals surface area contributed by atoms with Crippen molar-refractivity contribution in [3.63, 3.8) is 0 Å². The lowest BCUT2D eigenvalue weighted by Crippen LogP contribution is -2.41. The van der Waals surface area contributed by atoms with Crippen LogP contribution in [0.5, 0.6) is 0 Å². The molecule has 74 valence electrons. The fourth-order valence-corrected chi connectivity index (χ4v) is 1.42. The number of hydrogen-bond acceptors (Lipinski definition) is 2. The quantitative estimate of drug-likeness (QED) is 0.723. The molecule has 0 aliphatic heterocycles. The molecule has 1 aliphatic carbocycles. The van der Waals surface area contributed by atoms with E-state index in [0.717, 1.165) is 19.3 Å². The van der Waals surface area contributed by atoms with Crippen molar-refractivity contribution in [3.05, 3.63) is 34.2 Å². The van der Waals surface area contributed by atoms with Crippen molar-refractivity contribution in [2.24, 2.45) is 0 Å². The zero-order valence-electron chi connectivity index (χ0n) is 7.75. The van der Waals surface area contributed by atoms with Gasteiger partial charge in [-0.05, 0) is 31.4 Å². The van der Waals surface area contributed by atoms with Gasteiger partial charge in [-0.2, -0.15) is 0 Å². The Labute approximate surface area is 81.3 Å². The normalized spacial score (nSPS) is 16.0. The molecule has 2 N–H and O–H groups in total. The van der Waals surface area contributed by atoms with Crippen LogP contribution in [0.4, 0.5) is 0 Å². The Balaban J connectivity index is 2.10. The van der Waals surface area contributed by atoms with E-state index in [1.165, 1.54) is 12.3 Å². The molecule has 1 fully saturated rings. The van der Waals surface area contributed by atoms with Crippen LogP contribution < -0.4 is 10.9 Å². The summed E-state index contributed by atoms with van der Waals surface area (Å²) in [5, 5.41) is 2.81. The van der Waals surface area contributed by atoms with Gasteiger partial charge in [-0.25, -0.2) is 0 Å². The Morgan fingerprint density at radius 3 is 2.86 bits per heavy atom. The lowest BCUT2D eigenvalue weighted by molar-refractivity contribution is 0.0915. The molecule has 1 amide bonds. The van der Waals surface area contributed by atoms with Crippen LogP contribution in [0.1, 0.15) is 29.6 Å². The zero-order valence-corrected chi connectivity index (χ0v) is 7.75. The third-order valence-electron chi connectivity index (χ3n) is 2.50. The molecule has 0 unspecified atom stereocenters. The Bertz CT molecular complexity index is 393. The topological polar surface area (TPSA) is 62.0 Å². The number of aromatic amines is 1. The first-order chi connectivity index (χ1) is 6.77. The van der Waals surface area contributed by atoms with Crippen LogP contribution in [0.3, 0.4) is 0 Å². The van der Waals surface area contributed by atoms with Gasteiger partial charge in [0.1, 0.15) is 5.56 Å². The molecular weight excluding hydrogens is 180 g/mol. The number of hydrogen-bond donors (Lipinski definition) is 2. The number of rotatable bonds is 2. The van der Waals surface area contributed by atoms with Gasteiger partial charge >= 0.3 is 0 Å². The van der Waals surface area contributed by atoms with Crippen molar-refractivity contribution in [3.8, 4) is 0 Å². The fourth-order valence-electron chi connectivity index (χ4n) is 1.42. The number of nitrogens with one attached hydrogen (secondary N) is 2. The maximum atomic E-state index is 11.5. The summed E-state index contributed by atoms with van der Waals surface area (Å²) in [6, 6.07) is 3.45. The SMILES string of the molecule is O=C(NC1CCC1)c1ccc[nH]c1=O. The largest absolute Gasteiger partial charge is 0.349 e. The molecule has 2 rings (SSSR count). The number of carbonyl (C=O) groups is 1. The molecule has 0 radical (unpaired) electrons. The van der Waals surface area contributed by atoms with Gasteiger partial charge in [0.25, 0.3) is 11.5 Å². The van der Waals surface area contributed by atoms with E-state index in [0.29, 0.717) is 0 Å². The second-order valence-corrected chi connectivity index (χ2v) is 3.51. The minimum Gasteiger partial charge on any atom is -0.349 e. The van der Waals surface area contributed by atoms with Gasteiger partial charge in [0.2, 0.25) is 0 Å². The van der Waals surface area contributed by atoms with Crippen LogP contribution in [0.15, 0.2) is 23.1 Å². The molecule has 0 bridgehead atoms. The van der Waals surface area contributed by atoms with Crippen molar-refractivity contribution in [2.45, 2.75) is 25.3 Å². The molecule has 1 aliphatic rings. The van der Waals surface area contributed by atoms with Gasteiger partial charge in [0.05, 0.1) is 0 Å². The van der Waals surface area contributed by atoms with Crippen LogP contribution in [0.2, 0.25) is 0 Å². The lowest BCUT2D eigenvalue weighted by atomic mass is 9.93. The predicted octanol–water partition coefficient (Wildman–Crippen LogP) is 0.657. The van der Waals surface area contributed by atoms with E-state index in [-0.39, 0.29) is 23.1 Å². The predicted molar refractivity (Wildman–Crippen MR) is 52.2 cm³/mol. The monoisotopic (exact) mass is 192 g/mol. The lowest BCUT2D eigenvalue weighted by Gasteiger charge is -2.26. The summed E-state index contributed by atoms with van der Waals surface area (Å²) in [6.07, 6.45) is 4.73. The summed E-state index contributed by atoms with van der Waals surface area (Å²) >= 11 is 0. The molecule has 1 aromatic heterocycles. The number of carbonyl (C=O) groups excluding carboxylic acids is 1. The van der Waals surface area contributed by atoms with Gasteiger partial charge in [-0.3, -0.25) is 9.59 Å². The van der Waals surface area contributed by atoms with Crippen LogP contribution >= 0.6 is 0 Å². The Morgan fingerprint density at radius 2 is 2.29 bits per heavy atom. The van der Waals surface area contributed by atoms with Crippen LogP contribution in [0.25, 0.3) is 0 Å². The van der Waals surface area contributed by atoms with Gasteiger partial charge in [-0.15, -0.1) is 0 Å². The van der Waals surface area contributed by atoms with Crippen LogP contribution in [0, 0.1) is 0 Å². The molecule has 1 saturated carbocycles. The van der Waals surface area contributed by atoms with Gasteiger partial charge < -0.3 is 10.3 Å². The molecule has 0 aromatic carbocycles. The van der Waals surface area contributed by atoms with E-state index in [1.807, 2.05) is 0 Å². The van der Waals surface area contributed by atoms with Crippen LogP contribution in [-0.4, -0.2) is 16.9 Å². The summed E-state index contributed by atoms with van der Waals surface area (Å²) in [6.45, 7) is 0. The number of H-pyrrole nitrogens is 1. The average Bonchev–Trinajstić information content (AvgIpc) is 2.12. The van der Waals surface area contributed by atoms with E-state index < -0.39 is 0 Å². The number of pyridine rings is 1. The number of aromatic nitrogens is 1. The van der Waals surface area contributed by atoms with E-state index in [9.17, 15) is 9.59 Å². The highest BCUT2D eigenvalue weighted by Gasteiger charge is 2.20. The van der Waals surface area contributed by atoms with E-state index in [2.05, 4.69) is 10.3 Å². The maximum Gasteiger partial charge on any atom is 0.260 e. The van der Waals surface area contributed by atoms with E-state index in [4.69, 9.17) is 0 Å². The van der Waals surface area contributed by atoms with Gasteiger partial charge in [-0.1, -0.05) is 0 Å². The second-order valence-electron chi connectivity index (χ2n) is 3.51. The van der Waals surface area contributed by atoms with Gasteiger partial charge in [0.15, 0.2) is 0 Å². The molecule has 0 saturated heterocycles. The highest BCUT2D eigenvalue weighted by atomic mass is 16.2. The number of amides is 1. The van der Waals surface area contributed by atoms with Crippen LogP contribution in [-0.2, 0) is 0 Å². The Kier molecular flexibility index (Phi) is 2.35. The standard InChI is InChI=1S/C10H12N2O2/c13-9-8(5-2-6-11-9)10(14)12-7-3-1-4-7/h2,5-7H,1,3-4H2,(H,11,13)(H,12,14). The first-order valence-corrected chi connectivity index (χ1v) is 4.76. The van der Waals surface area contributed by atoms with Crippen molar-refractivity contribution >= 4 is 5.91 Å². The molecular formula is C10H12N2O2. The fraction of sp³-hybridized carbons (Fsp3) is 0.400. The Hall–Kier alpha value is -1.58. The minimum absolute atomic E-state index is 0.194. The van der Waals surface area contributed by atoms with Crippen molar-refractivity contribution in [1.82, 2.24) is 10.3 Å². The first kappa shape index (κ1) is 8.99. The molecule has 1 heterocycles. The minimum atomic E-state index is -0.329. The zero-order chi connectivity index (χ0) is 9.97. The van der Waals surface area contributed by atoms with E-state index >= 15 is 0 Å². The van der Waals surface area contributed by atoms with Gasteiger partial charge in [0, 0.05) is 12.2 Å². The molecule has 0 atom stereocenters. The smallest absolute Gasteiger partial charge is 0.260 e. The summed E-state index contributed by atoms with van der Waals surface area (Å²) < 4.78 is 0. The average molecular weight is 192 g/mol. The maximum absolute atomic E-state index is 11.5. The summed E-state index contributed by atoms with van der Waals surface area (Å²) in [5.74, 6) is -0.267. The second kappa shape index (κ2) is 3.65. The highest BCUT2D eigenvalue weighted by molar-refractivity contribution is 5.93. The van der Waals surface area contributed by atoms with Crippen molar-refractivity contribution < 1.29 is 4.79 Å². The molecule has 0 spiro atoms. The molecule has 4 heteroatoms. The summed E-state index contributed by atoms with van der Waals surface area (Å²) in [5.41, 5.74) is -0.135. The highest BCUT2D eigenvalue weighted by Crippen LogP contribution is 2.18. The van der Waals surface area contributed by atoms with Crippen molar-refractivity contribution in [1.29, 1.82) is 0 Å². The molecule has 1 aromatic rings. The summed E-state index contributed by atoms with van der Waals surface area (Å²) in [4.78, 5) is 25.2. The first-order valence-electron chi connectivity index (χ1n) is 4.76. The third kappa shape index (κ3) is 1.69. The molecule has 4 nitrogen and oxygen atoms in total. The third-order valence-corrected chi connectivity index (χ3v) is 2.50. The van der Waals surface area contributed by atoms with Crippen molar-refractivity contribution in [2.75, 3.05) is 0 Å².